The molecule has 2 spiro atoms. The Balaban J connectivity index is 1.91. The summed E-state index contributed by atoms with van der Waals surface area (Å²) in [5.74, 6) is -0.134. The molecule has 5 heteroatoms. The maximum atomic E-state index is 13.1. The number of hydrogen-bond acceptors (Lipinski definition) is 4. The molecule has 0 bridgehead atoms. The van der Waals surface area contributed by atoms with Crippen molar-refractivity contribution in [3.63, 3.8) is 0 Å². The third kappa shape index (κ3) is 1.58. The highest BCUT2D eigenvalue weighted by molar-refractivity contribution is 6.01. The molecular weight excluding hydrogens is 282 g/mol. The van der Waals surface area contributed by atoms with Crippen LogP contribution in [0, 0.1) is 16.2 Å². The summed E-state index contributed by atoms with van der Waals surface area (Å²) in [7, 11) is 0. The molecule has 2 amide bonds. The minimum absolute atomic E-state index is 0.0290. The van der Waals surface area contributed by atoms with Gasteiger partial charge < -0.3 is 9.84 Å². The highest BCUT2D eigenvalue weighted by atomic mass is 16.6. The van der Waals surface area contributed by atoms with Crippen molar-refractivity contribution in [2.45, 2.75) is 71.9 Å². The third-order valence-electron chi connectivity index (χ3n) is 6.52. The lowest BCUT2D eigenvalue weighted by atomic mass is 9.73. The van der Waals surface area contributed by atoms with E-state index in [1.54, 1.807) is 20.8 Å². The highest BCUT2D eigenvalue weighted by Gasteiger charge is 2.89. The molecule has 3 aliphatic rings. The van der Waals surface area contributed by atoms with E-state index in [0.717, 1.165) is 19.3 Å². The summed E-state index contributed by atoms with van der Waals surface area (Å²) in [5.41, 5.74) is -1.20. The van der Waals surface area contributed by atoms with E-state index in [4.69, 9.17) is 4.74 Å². The second-order valence-electron chi connectivity index (χ2n) is 8.66. The van der Waals surface area contributed by atoms with Gasteiger partial charge in [-0.05, 0) is 50.9 Å². The standard InChI is InChI=1S/C17H27NO4/c1-14(2,3)22-13(21)18-11(10-19)9-17(12(18)20)15(4,5)16(17)7-6-8-16/h11,19H,6-10H2,1-5H3/t11-,17+/m0/s1. The van der Waals surface area contributed by atoms with E-state index in [9.17, 15) is 14.7 Å². The number of rotatable bonds is 1. The van der Waals surface area contributed by atoms with Crippen LogP contribution in [0.2, 0.25) is 0 Å². The molecule has 3 fully saturated rings. The lowest BCUT2D eigenvalue weighted by Crippen LogP contribution is -2.44. The normalized spacial score (nSPS) is 34.9. The monoisotopic (exact) mass is 309 g/mol. The number of ether oxygens (including phenoxy) is 1. The fraction of sp³-hybridized carbons (Fsp3) is 0.882. The molecule has 1 heterocycles. The molecule has 3 rings (SSSR count). The van der Waals surface area contributed by atoms with Crippen LogP contribution in [0.25, 0.3) is 0 Å². The van der Waals surface area contributed by atoms with Gasteiger partial charge >= 0.3 is 6.09 Å². The zero-order valence-corrected chi connectivity index (χ0v) is 14.2. The number of imide groups is 1. The summed E-state index contributed by atoms with van der Waals surface area (Å²) in [6.45, 7) is 9.42. The highest BCUT2D eigenvalue weighted by Crippen LogP contribution is 2.88. The Hall–Kier alpha value is -1.10. The summed E-state index contributed by atoms with van der Waals surface area (Å²) in [6, 6.07) is -0.457. The van der Waals surface area contributed by atoms with Crippen LogP contribution in [0.1, 0.15) is 60.3 Å². The zero-order valence-electron chi connectivity index (χ0n) is 14.2. The number of hydrogen-bond donors (Lipinski definition) is 1. The van der Waals surface area contributed by atoms with Gasteiger partial charge in [-0.1, -0.05) is 20.3 Å². The average molecular weight is 309 g/mol. The number of amides is 2. The maximum absolute atomic E-state index is 13.1. The van der Waals surface area contributed by atoms with Crippen molar-refractivity contribution >= 4 is 12.0 Å². The van der Waals surface area contributed by atoms with Crippen LogP contribution in [-0.4, -0.2) is 40.3 Å². The van der Waals surface area contributed by atoms with Crippen molar-refractivity contribution < 1.29 is 19.4 Å². The van der Waals surface area contributed by atoms with Crippen molar-refractivity contribution in [2.75, 3.05) is 6.61 Å². The van der Waals surface area contributed by atoms with Gasteiger partial charge in [-0.2, -0.15) is 0 Å². The first kappa shape index (κ1) is 15.8. The van der Waals surface area contributed by atoms with Crippen LogP contribution in [0.3, 0.4) is 0 Å². The number of nitrogens with zero attached hydrogens (tertiary/aromatic N) is 1. The van der Waals surface area contributed by atoms with Crippen LogP contribution in [0.5, 0.6) is 0 Å². The molecule has 1 aliphatic heterocycles. The molecule has 0 aromatic rings. The third-order valence-corrected chi connectivity index (χ3v) is 6.52. The Bertz CT molecular complexity index is 529. The van der Waals surface area contributed by atoms with Gasteiger partial charge in [-0.3, -0.25) is 4.79 Å². The lowest BCUT2D eigenvalue weighted by Gasteiger charge is -2.31. The van der Waals surface area contributed by atoms with Crippen LogP contribution in [0.4, 0.5) is 4.79 Å². The first-order valence-corrected chi connectivity index (χ1v) is 8.22. The fourth-order valence-electron chi connectivity index (χ4n) is 5.25. The number of likely N-dealkylation sites (tertiary alicyclic amines) is 1. The zero-order chi connectivity index (χ0) is 16.6. The van der Waals surface area contributed by atoms with E-state index < -0.39 is 23.2 Å². The topological polar surface area (TPSA) is 66.8 Å². The Kier molecular flexibility index (Phi) is 3.05. The van der Waals surface area contributed by atoms with E-state index >= 15 is 0 Å². The lowest BCUT2D eigenvalue weighted by molar-refractivity contribution is -0.134. The van der Waals surface area contributed by atoms with Gasteiger partial charge in [0.15, 0.2) is 0 Å². The quantitative estimate of drug-likeness (QED) is 0.808. The summed E-state index contributed by atoms with van der Waals surface area (Å²) in [6.07, 6.45) is 3.19. The van der Waals surface area contributed by atoms with Gasteiger partial charge in [0.25, 0.3) is 0 Å². The summed E-state index contributed by atoms with van der Waals surface area (Å²) < 4.78 is 5.39. The molecule has 0 radical (unpaired) electrons. The van der Waals surface area contributed by atoms with Crippen molar-refractivity contribution in [3.05, 3.63) is 0 Å². The number of fused-ring (bicyclic) bond motifs is 1. The van der Waals surface area contributed by atoms with E-state index in [0.29, 0.717) is 6.42 Å². The average Bonchev–Trinajstić information content (AvgIpc) is 2.59. The van der Waals surface area contributed by atoms with Gasteiger partial charge in [0, 0.05) is 0 Å². The summed E-state index contributed by atoms with van der Waals surface area (Å²) >= 11 is 0. The second-order valence-corrected chi connectivity index (χ2v) is 8.66. The first-order valence-electron chi connectivity index (χ1n) is 8.22. The first-order chi connectivity index (χ1) is 10.0. The molecule has 22 heavy (non-hydrogen) atoms. The molecule has 2 atom stereocenters. The van der Waals surface area contributed by atoms with Crippen molar-refractivity contribution in [1.82, 2.24) is 4.90 Å². The predicted octanol–water partition coefficient (Wildman–Crippen LogP) is 2.71. The van der Waals surface area contributed by atoms with E-state index in [1.165, 1.54) is 4.90 Å². The number of carbonyl (C=O) groups is 2. The molecule has 1 N–H and O–H groups in total. The molecule has 0 aromatic carbocycles. The molecule has 124 valence electrons. The predicted molar refractivity (Wildman–Crippen MR) is 81.1 cm³/mol. The molecule has 0 aromatic heterocycles. The minimum atomic E-state index is -0.652. The smallest absolute Gasteiger partial charge is 0.417 e. The van der Waals surface area contributed by atoms with Gasteiger partial charge in [0.2, 0.25) is 5.91 Å². The molecule has 5 nitrogen and oxygen atoms in total. The Morgan fingerprint density at radius 3 is 2.32 bits per heavy atom. The Morgan fingerprint density at radius 1 is 1.36 bits per heavy atom. The van der Waals surface area contributed by atoms with E-state index in [-0.39, 0.29) is 23.3 Å². The fourth-order valence-corrected chi connectivity index (χ4v) is 5.25. The van der Waals surface area contributed by atoms with Crippen LogP contribution in [0.15, 0.2) is 0 Å². The maximum Gasteiger partial charge on any atom is 0.417 e. The largest absolute Gasteiger partial charge is 0.443 e. The summed E-state index contributed by atoms with van der Waals surface area (Å²) in [5, 5.41) is 9.69. The summed E-state index contributed by atoms with van der Waals surface area (Å²) in [4.78, 5) is 26.8. The molecule has 2 aliphatic carbocycles. The number of aliphatic hydroxyl groups excluding tert-OH is 1. The van der Waals surface area contributed by atoms with Crippen LogP contribution < -0.4 is 0 Å². The molecule has 0 unspecified atom stereocenters. The van der Waals surface area contributed by atoms with Crippen LogP contribution >= 0.6 is 0 Å². The van der Waals surface area contributed by atoms with Gasteiger partial charge in [0.05, 0.1) is 18.1 Å². The number of aliphatic hydroxyl groups is 1. The van der Waals surface area contributed by atoms with E-state index in [1.807, 2.05) is 0 Å². The number of carbonyl (C=O) groups excluding carboxylic acids is 2. The SMILES string of the molecule is CC(C)(C)OC(=O)N1C(=O)[C@]2(C[C@H]1CO)C(C)(C)C21CCC1. The molecule has 2 saturated carbocycles. The molecule has 1 saturated heterocycles. The minimum Gasteiger partial charge on any atom is -0.443 e. The Morgan fingerprint density at radius 2 is 1.95 bits per heavy atom. The van der Waals surface area contributed by atoms with Crippen molar-refractivity contribution in [1.29, 1.82) is 0 Å². The van der Waals surface area contributed by atoms with Gasteiger partial charge in [-0.25, -0.2) is 9.69 Å². The van der Waals surface area contributed by atoms with Gasteiger partial charge in [-0.15, -0.1) is 0 Å². The van der Waals surface area contributed by atoms with Gasteiger partial charge in [0.1, 0.15) is 5.60 Å². The van der Waals surface area contributed by atoms with Crippen molar-refractivity contribution in [2.24, 2.45) is 16.2 Å². The molecular formula is C17H27NO4. The van der Waals surface area contributed by atoms with E-state index in [2.05, 4.69) is 13.8 Å². The van der Waals surface area contributed by atoms with Crippen LogP contribution in [-0.2, 0) is 9.53 Å². The second kappa shape index (κ2) is 4.25. The van der Waals surface area contributed by atoms with Crippen molar-refractivity contribution in [3.8, 4) is 0 Å². The Labute approximate surface area is 132 Å².